The third-order valence-corrected chi connectivity index (χ3v) is 2.50. The average Bonchev–Trinajstić information content (AvgIpc) is 2.19. The molecule has 0 aliphatic carbocycles. The van der Waals surface area contributed by atoms with Crippen molar-refractivity contribution in [2.75, 3.05) is 6.54 Å². The average molecular weight is 191 g/mol. The molecule has 14 heavy (non-hydrogen) atoms. The molecule has 1 unspecified atom stereocenters. The fraction of sp³-hybridized carbons (Fsp3) is 0.538. The van der Waals surface area contributed by atoms with Gasteiger partial charge in [-0.2, -0.15) is 0 Å². The van der Waals surface area contributed by atoms with Gasteiger partial charge in [-0.1, -0.05) is 44.5 Å². The minimum absolute atomic E-state index is 0.469. The smallest absolute Gasteiger partial charge is 0.0291 e. The molecule has 1 aromatic carbocycles. The van der Waals surface area contributed by atoms with Crippen molar-refractivity contribution in [3.05, 3.63) is 35.4 Å². The molecule has 0 saturated heterocycles. The molecule has 0 spiro atoms. The summed E-state index contributed by atoms with van der Waals surface area (Å²) in [7, 11) is 0. The minimum atomic E-state index is 0.469. The van der Waals surface area contributed by atoms with Crippen LogP contribution in [0.25, 0.3) is 0 Å². The first kappa shape index (κ1) is 11.3. The van der Waals surface area contributed by atoms with Crippen LogP contribution in [0.3, 0.4) is 0 Å². The molecule has 1 rings (SSSR count). The molecule has 0 heterocycles. The van der Waals surface area contributed by atoms with E-state index in [0.29, 0.717) is 6.04 Å². The van der Waals surface area contributed by atoms with E-state index in [-0.39, 0.29) is 0 Å². The van der Waals surface area contributed by atoms with Crippen LogP contribution in [0.1, 0.15) is 44.4 Å². The molecule has 1 atom stereocenters. The van der Waals surface area contributed by atoms with Gasteiger partial charge in [-0.15, -0.1) is 0 Å². The Bertz CT molecular complexity index is 268. The van der Waals surface area contributed by atoms with Crippen molar-refractivity contribution < 1.29 is 0 Å². The lowest BCUT2D eigenvalue weighted by Crippen LogP contribution is -2.17. The zero-order chi connectivity index (χ0) is 10.4. The van der Waals surface area contributed by atoms with Crippen LogP contribution in [0.5, 0.6) is 0 Å². The lowest BCUT2D eigenvalue weighted by molar-refractivity contribution is 0.597. The summed E-state index contributed by atoms with van der Waals surface area (Å²) in [6.07, 6.45) is 2.41. The Morgan fingerprint density at radius 3 is 2.71 bits per heavy atom. The molecule has 0 saturated carbocycles. The summed E-state index contributed by atoms with van der Waals surface area (Å²) < 4.78 is 0. The van der Waals surface area contributed by atoms with E-state index in [0.717, 1.165) is 6.54 Å². The van der Waals surface area contributed by atoms with Gasteiger partial charge in [0.25, 0.3) is 0 Å². The Labute approximate surface area is 87.5 Å². The molecule has 0 aromatic heterocycles. The molecule has 78 valence electrons. The Balaban J connectivity index is 2.71. The van der Waals surface area contributed by atoms with Gasteiger partial charge in [0.15, 0.2) is 0 Å². The van der Waals surface area contributed by atoms with Gasteiger partial charge in [0.1, 0.15) is 0 Å². The van der Waals surface area contributed by atoms with E-state index in [4.69, 9.17) is 0 Å². The SMILES string of the molecule is CCCc1cccc(C(C)NCC)c1. The molecular weight excluding hydrogens is 170 g/mol. The molecule has 0 aliphatic rings. The van der Waals surface area contributed by atoms with Gasteiger partial charge in [-0.25, -0.2) is 0 Å². The highest BCUT2D eigenvalue weighted by Gasteiger charge is 2.03. The van der Waals surface area contributed by atoms with Crippen molar-refractivity contribution in [3.63, 3.8) is 0 Å². The number of rotatable bonds is 5. The quantitative estimate of drug-likeness (QED) is 0.753. The van der Waals surface area contributed by atoms with Crippen LogP contribution >= 0.6 is 0 Å². The Morgan fingerprint density at radius 2 is 2.07 bits per heavy atom. The summed E-state index contributed by atoms with van der Waals surface area (Å²) >= 11 is 0. The van der Waals surface area contributed by atoms with Crippen molar-refractivity contribution in [1.29, 1.82) is 0 Å². The van der Waals surface area contributed by atoms with Gasteiger partial charge < -0.3 is 5.32 Å². The van der Waals surface area contributed by atoms with Gasteiger partial charge in [0, 0.05) is 6.04 Å². The van der Waals surface area contributed by atoms with Crippen LogP contribution in [-0.2, 0) is 6.42 Å². The molecule has 0 fully saturated rings. The highest BCUT2D eigenvalue weighted by atomic mass is 14.9. The summed E-state index contributed by atoms with van der Waals surface area (Å²) in [6, 6.07) is 9.36. The maximum absolute atomic E-state index is 3.43. The van der Waals surface area contributed by atoms with E-state index in [2.05, 4.69) is 50.4 Å². The zero-order valence-electron chi connectivity index (χ0n) is 9.51. The normalized spacial score (nSPS) is 12.8. The van der Waals surface area contributed by atoms with Gasteiger partial charge >= 0.3 is 0 Å². The van der Waals surface area contributed by atoms with E-state index in [9.17, 15) is 0 Å². The monoisotopic (exact) mass is 191 g/mol. The summed E-state index contributed by atoms with van der Waals surface area (Å²) in [5.74, 6) is 0. The van der Waals surface area contributed by atoms with E-state index in [1.165, 1.54) is 24.0 Å². The van der Waals surface area contributed by atoms with Gasteiger partial charge in [0.2, 0.25) is 0 Å². The third kappa shape index (κ3) is 3.15. The number of benzene rings is 1. The largest absolute Gasteiger partial charge is 0.310 e. The van der Waals surface area contributed by atoms with Crippen molar-refractivity contribution in [1.82, 2.24) is 5.32 Å². The Hall–Kier alpha value is -0.820. The second-order valence-electron chi connectivity index (χ2n) is 3.77. The molecule has 1 heteroatoms. The second-order valence-corrected chi connectivity index (χ2v) is 3.77. The first-order valence-corrected chi connectivity index (χ1v) is 5.60. The molecular formula is C13H21N. The van der Waals surface area contributed by atoms with E-state index in [1.807, 2.05) is 0 Å². The van der Waals surface area contributed by atoms with Crippen LogP contribution in [0.2, 0.25) is 0 Å². The second kappa shape index (κ2) is 5.82. The van der Waals surface area contributed by atoms with E-state index < -0.39 is 0 Å². The summed E-state index contributed by atoms with van der Waals surface area (Å²) in [4.78, 5) is 0. The molecule has 1 N–H and O–H groups in total. The van der Waals surface area contributed by atoms with Gasteiger partial charge in [-0.05, 0) is 31.0 Å². The highest BCUT2D eigenvalue weighted by Crippen LogP contribution is 2.14. The van der Waals surface area contributed by atoms with Crippen molar-refractivity contribution >= 4 is 0 Å². The minimum Gasteiger partial charge on any atom is -0.310 e. The van der Waals surface area contributed by atoms with Crippen molar-refractivity contribution in [2.24, 2.45) is 0 Å². The number of aryl methyl sites for hydroxylation is 1. The molecule has 1 aromatic rings. The molecule has 0 radical (unpaired) electrons. The predicted molar refractivity (Wildman–Crippen MR) is 62.5 cm³/mol. The number of hydrogen-bond acceptors (Lipinski definition) is 1. The summed E-state index contributed by atoms with van der Waals surface area (Å²) in [5.41, 5.74) is 2.85. The van der Waals surface area contributed by atoms with Crippen LogP contribution in [0.4, 0.5) is 0 Å². The summed E-state index contributed by atoms with van der Waals surface area (Å²) in [5, 5.41) is 3.43. The lowest BCUT2D eigenvalue weighted by Gasteiger charge is -2.13. The van der Waals surface area contributed by atoms with Gasteiger partial charge in [0.05, 0.1) is 0 Å². The Morgan fingerprint density at radius 1 is 1.29 bits per heavy atom. The number of nitrogens with one attached hydrogen (secondary N) is 1. The predicted octanol–water partition coefficient (Wildman–Crippen LogP) is 3.31. The first-order chi connectivity index (χ1) is 6.77. The van der Waals surface area contributed by atoms with Crippen molar-refractivity contribution in [2.45, 2.75) is 39.7 Å². The zero-order valence-corrected chi connectivity index (χ0v) is 9.51. The van der Waals surface area contributed by atoms with Crippen LogP contribution in [0, 0.1) is 0 Å². The Kier molecular flexibility index (Phi) is 4.68. The molecule has 1 nitrogen and oxygen atoms in total. The van der Waals surface area contributed by atoms with Crippen LogP contribution < -0.4 is 5.32 Å². The molecule has 0 amide bonds. The van der Waals surface area contributed by atoms with Crippen molar-refractivity contribution in [3.8, 4) is 0 Å². The van der Waals surface area contributed by atoms with Crippen LogP contribution in [-0.4, -0.2) is 6.54 Å². The molecule has 0 bridgehead atoms. The first-order valence-electron chi connectivity index (χ1n) is 5.60. The summed E-state index contributed by atoms with van der Waals surface area (Å²) in [6.45, 7) is 7.61. The third-order valence-electron chi connectivity index (χ3n) is 2.50. The van der Waals surface area contributed by atoms with Gasteiger partial charge in [-0.3, -0.25) is 0 Å². The fourth-order valence-corrected chi connectivity index (χ4v) is 1.73. The highest BCUT2D eigenvalue weighted by molar-refractivity contribution is 5.25. The maximum atomic E-state index is 3.43. The number of hydrogen-bond donors (Lipinski definition) is 1. The molecule has 0 aliphatic heterocycles. The fourth-order valence-electron chi connectivity index (χ4n) is 1.73. The standard InChI is InChI=1S/C13H21N/c1-4-7-12-8-6-9-13(10-12)11(3)14-5-2/h6,8-11,14H,4-5,7H2,1-3H3. The van der Waals surface area contributed by atoms with Crippen LogP contribution in [0.15, 0.2) is 24.3 Å². The van der Waals surface area contributed by atoms with E-state index in [1.54, 1.807) is 0 Å². The van der Waals surface area contributed by atoms with E-state index >= 15 is 0 Å². The lowest BCUT2D eigenvalue weighted by atomic mass is 10.0. The maximum Gasteiger partial charge on any atom is 0.0291 e. The topological polar surface area (TPSA) is 12.0 Å².